The smallest absolute Gasteiger partial charge is 0.223 e. The third-order valence-corrected chi connectivity index (χ3v) is 4.76. The largest absolute Gasteiger partial charge is 0.389 e. The Balaban J connectivity index is 1.90. The van der Waals surface area contributed by atoms with Crippen LogP contribution in [0.15, 0.2) is 23.1 Å². The second kappa shape index (κ2) is 6.64. The first-order valence-electron chi connectivity index (χ1n) is 7.15. The van der Waals surface area contributed by atoms with E-state index in [0.29, 0.717) is 6.54 Å². The summed E-state index contributed by atoms with van der Waals surface area (Å²) in [4.78, 5) is 13.2. The van der Waals surface area contributed by atoms with E-state index in [-0.39, 0.29) is 12.3 Å². The van der Waals surface area contributed by atoms with Gasteiger partial charge in [0.2, 0.25) is 5.91 Å². The molecule has 1 amide bonds. The molecule has 1 aliphatic rings. The second-order valence-corrected chi connectivity index (χ2v) is 6.55. The predicted molar refractivity (Wildman–Crippen MR) is 82.8 cm³/mol. The molecule has 0 bridgehead atoms. The van der Waals surface area contributed by atoms with E-state index in [1.165, 1.54) is 10.5 Å². The van der Waals surface area contributed by atoms with Crippen molar-refractivity contribution in [2.45, 2.75) is 56.1 Å². The van der Waals surface area contributed by atoms with Crippen LogP contribution in [0.3, 0.4) is 0 Å². The summed E-state index contributed by atoms with van der Waals surface area (Å²) in [5, 5.41) is 13.2. The molecule has 20 heavy (non-hydrogen) atoms. The summed E-state index contributed by atoms with van der Waals surface area (Å²) in [5.41, 5.74) is 1.60. The fourth-order valence-corrected chi connectivity index (χ4v) is 3.47. The summed E-state index contributed by atoms with van der Waals surface area (Å²) < 4.78 is 0. The number of carbonyl (C=O) groups is 1. The standard InChI is InChI=1S/C16H23NO2S/c1-12-5-6-13(14(9-12)20-2)11-17-15(18)10-16(19)7-3-4-8-16/h5-6,9,19H,3-4,7-8,10-11H2,1-2H3,(H,17,18). The summed E-state index contributed by atoms with van der Waals surface area (Å²) in [6, 6.07) is 6.26. The van der Waals surface area contributed by atoms with Crippen molar-refractivity contribution in [1.82, 2.24) is 5.32 Å². The van der Waals surface area contributed by atoms with Crippen LogP contribution in [-0.4, -0.2) is 22.9 Å². The normalized spacial score (nSPS) is 17.1. The molecule has 0 radical (unpaired) electrons. The minimum Gasteiger partial charge on any atom is -0.389 e. The maximum absolute atomic E-state index is 12.0. The van der Waals surface area contributed by atoms with Gasteiger partial charge in [-0.25, -0.2) is 0 Å². The Bertz CT molecular complexity index is 481. The van der Waals surface area contributed by atoms with E-state index in [9.17, 15) is 9.90 Å². The van der Waals surface area contributed by atoms with E-state index in [4.69, 9.17) is 0 Å². The van der Waals surface area contributed by atoms with Crippen molar-refractivity contribution < 1.29 is 9.90 Å². The quantitative estimate of drug-likeness (QED) is 0.820. The van der Waals surface area contributed by atoms with Crippen LogP contribution in [0.2, 0.25) is 0 Å². The summed E-state index contributed by atoms with van der Waals surface area (Å²) in [6.45, 7) is 2.60. The van der Waals surface area contributed by atoms with Crippen LogP contribution in [0, 0.1) is 6.92 Å². The van der Waals surface area contributed by atoms with E-state index >= 15 is 0 Å². The Kier molecular flexibility index (Phi) is 5.11. The maximum Gasteiger partial charge on any atom is 0.223 e. The molecule has 1 aliphatic carbocycles. The molecule has 0 spiro atoms. The Morgan fingerprint density at radius 1 is 1.40 bits per heavy atom. The number of carbonyl (C=O) groups excluding carboxylic acids is 1. The molecule has 1 aromatic carbocycles. The third-order valence-electron chi connectivity index (χ3n) is 3.94. The van der Waals surface area contributed by atoms with Gasteiger partial charge in [0.1, 0.15) is 0 Å². The van der Waals surface area contributed by atoms with Gasteiger partial charge in [-0.2, -0.15) is 0 Å². The molecule has 0 saturated heterocycles. The zero-order valence-corrected chi connectivity index (χ0v) is 13.1. The van der Waals surface area contributed by atoms with Gasteiger partial charge < -0.3 is 10.4 Å². The monoisotopic (exact) mass is 293 g/mol. The van der Waals surface area contributed by atoms with Gasteiger partial charge in [-0.05, 0) is 43.2 Å². The predicted octanol–water partition coefficient (Wildman–Crippen LogP) is 3.03. The second-order valence-electron chi connectivity index (χ2n) is 5.70. The summed E-state index contributed by atoms with van der Waals surface area (Å²) >= 11 is 1.69. The van der Waals surface area contributed by atoms with Gasteiger partial charge in [0.25, 0.3) is 0 Å². The molecule has 2 rings (SSSR count). The van der Waals surface area contributed by atoms with Gasteiger partial charge in [0, 0.05) is 11.4 Å². The highest BCUT2D eigenvalue weighted by molar-refractivity contribution is 7.98. The lowest BCUT2D eigenvalue weighted by Crippen LogP contribution is -2.34. The first-order valence-corrected chi connectivity index (χ1v) is 8.37. The van der Waals surface area contributed by atoms with E-state index in [2.05, 4.69) is 30.4 Å². The lowest BCUT2D eigenvalue weighted by molar-refractivity contribution is -0.126. The molecule has 2 N–H and O–H groups in total. The molecule has 0 unspecified atom stereocenters. The third kappa shape index (κ3) is 4.00. The van der Waals surface area contributed by atoms with Crippen molar-refractivity contribution in [3.63, 3.8) is 0 Å². The first-order chi connectivity index (χ1) is 9.52. The Morgan fingerprint density at radius 2 is 2.10 bits per heavy atom. The molecule has 110 valence electrons. The topological polar surface area (TPSA) is 49.3 Å². The van der Waals surface area contributed by atoms with Gasteiger partial charge in [0.15, 0.2) is 0 Å². The average molecular weight is 293 g/mol. The van der Waals surface area contributed by atoms with E-state index in [1.54, 1.807) is 11.8 Å². The number of rotatable bonds is 5. The zero-order chi connectivity index (χ0) is 14.6. The van der Waals surface area contributed by atoms with Crippen LogP contribution in [0.1, 0.15) is 43.2 Å². The fourth-order valence-electron chi connectivity index (χ4n) is 2.76. The fraction of sp³-hybridized carbons (Fsp3) is 0.562. The molecule has 0 heterocycles. The summed E-state index contributed by atoms with van der Waals surface area (Å²) in [6.07, 6.45) is 5.83. The molecular formula is C16H23NO2S. The van der Waals surface area contributed by atoms with Crippen LogP contribution in [-0.2, 0) is 11.3 Å². The zero-order valence-electron chi connectivity index (χ0n) is 12.2. The van der Waals surface area contributed by atoms with Gasteiger partial charge in [-0.3, -0.25) is 4.79 Å². The number of benzene rings is 1. The number of thioether (sulfide) groups is 1. The van der Waals surface area contributed by atoms with Crippen molar-refractivity contribution in [1.29, 1.82) is 0 Å². The molecule has 1 fully saturated rings. The highest BCUT2D eigenvalue weighted by Crippen LogP contribution is 2.32. The lowest BCUT2D eigenvalue weighted by atomic mass is 9.97. The van der Waals surface area contributed by atoms with Crippen molar-refractivity contribution in [2.24, 2.45) is 0 Å². The van der Waals surface area contributed by atoms with Gasteiger partial charge in [0.05, 0.1) is 12.0 Å². The van der Waals surface area contributed by atoms with Crippen molar-refractivity contribution in [3.8, 4) is 0 Å². The van der Waals surface area contributed by atoms with Crippen LogP contribution in [0.5, 0.6) is 0 Å². The number of amides is 1. The average Bonchev–Trinajstić information content (AvgIpc) is 2.83. The Hall–Kier alpha value is -1.00. The molecular weight excluding hydrogens is 270 g/mol. The van der Waals surface area contributed by atoms with E-state index in [0.717, 1.165) is 31.2 Å². The van der Waals surface area contributed by atoms with Crippen LogP contribution in [0.4, 0.5) is 0 Å². The van der Waals surface area contributed by atoms with Gasteiger partial charge >= 0.3 is 0 Å². The molecule has 1 saturated carbocycles. The van der Waals surface area contributed by atoms with Gasteiger partial charge in [-0.1, -0.05) is 25.0 Å². The molecule has 0 atom stereocenters. The minimum absolute atomic E-state index is 0.0537. The number of nitrogens with one attached hydrogen (secondary N) is 1. The Labute approximate surface area is 125 Å². The van der Waals surface area contributed by atoms with Crippen LogP contribution >= 0.6 is 11.8 Å². The first kappa shape index (κ1) is 15.4. The Morgan fingerprint density at radius 3 is 2.75 bits per heavy atom. The number of aliphatic hydroxyl groups is 1. The minimum atomic E-state index is -0.764. The van der Waals surface area contributed by atoms with Crippen molar-refractivity contribution in [2.75, 3.05) is 6.26 Å². The lowest BCUT2D eigenvalue weighted by Gasteiger charge is -2.21. The van der Waals surface area contributed by atoms with Crippen molar-refractivity contribution >= 4 is 17.7 Å². The molecule has 4 heteroatoms. The SMILES string of the molecule is CSc1cc(C)ccc1CNC(=O)CC1(O)CCCC1. The summed E-state index contributed by atoms with van der Waals surface area (Å²) in [5.74, 6) is -0.0537. The van der Waals surface area contributed by atoms with Crippen LogP contribution < -0.4 is 5.32 Å². The molecule has 0 aromatic heterocycles. The highest BCUT2D eigenvalue weighted by Gasteiger charge is 2.33. The maximum atomic E-state index is 12.0. The van der Waals surface area contributed by atoms with Gasteiger partial charge in [-0.15, -0.1) is 11.8 Å². The molecule has 1 aromatic rings. The molecule has 0 aliphatic heterocycles. The van der Waals surface area contributed by atoms with E-state index in [1.807, 2.05) is 6.26 Å². The highest BCUT2D eigenvalue weighted by atomic mass is 32.2. The summed E-state index contributed by atoms with van der Waals surface area (Å²) in [7, 11) is 0. The number of aryl methyl sites for hydroxylation is 1. The van der Waals surface area contributed by atoms with E-state index < -0.39 is 5.60 Å². The van der Waals surface area contributed by atoms with Crippen LogP contribution in [0.25, 0.3) is 0 Å². The van der Waals surface area contributed by atoms with Crippen molar-refractivity contribution in [3.05, 3.63) is 29.3 Å². The molecule has 3 nitrogen and oxygen atoms in total. The number of hydrogen-bond donors (Lipinski definition) is 2. The number of hydrogen-bond acceptors (Lipinski definition) is 3.